The maximum atomic E-state index is 12.7. The summed E-state index contributed by atoms with van der Waals surface area (Å²) in [5, 5.41) is 0. The molecule has 0 spiro atoms. The van der Waals surface area contributed by atoms with Crippen LogP contribution in [0.1, 0.15) is 13.3 Å². The Kier molecular flexibility index (Phi) is 6.61. The second kappa shape index (κ2) is 7.98. The van der Waals surface area contributed by atoms with Gasteiger partial charge in [0.15, 0.2) is 0 Å². The summed E-state index contributed by atoms with van der Waals surface area (Å²) in [5.41, 5.74) is -0.308. The van der Waals surface area contributed by atoms with E-state index in [2.05, 4.69) is 13.2 Å². The zero-order chi connectivity index (χ0) is 16.8. The normalized spacial score (nSPS) is 20.2. The van der Waals surface area contributed by atoms with Gasteiger partial charge in [0.1, 0.15) is 0 Å². The van der Waals surface area contributed by atoms with Crippen LogP contribution in [0.2, 0.25) is 0 Å². The Morgan fingerprint density at radius 2 is 2.09 bits per heavy atom. The molecule has 0 bridgehead atoms. The largest absolute Gasteiger partial charge is 0.416 e. The number of rotatable bonds is 6. The minimum Gasteiger partial charge on any atom is -0.372 e. The SMILES string of the molecule is C=C/C=C(\C=C(/C)COC1CCN(C(=O)C=C)C1)C(F)(F)F. The third kappa shape index (κ3) is 5.52. The average molecular weight is 315 g/mol. The van der Waals surface area contributed by atoms with Gasteiger partial charge in [0, 0.05) is 13.1 Å². The second-order valence-electron chi connectivity index (χ2n) is 5.06. The molecule has 0 aromatic rings. The van der Waals surface area contributed by atoms with Crippen molar-refractivity contribution in [1.82, 2.24) is 4.90 Å². The van der Waals surface area contributed by atoms with Gasteiger partial charge in [-0.2, -0.15) is 13.2 Å². The second-order valence-corrected chi connectivity index (χ2v) is 5.06. The van der Waals surface area contributed by atoms with Crippen LogP contribution in [0, 0.1) is 0 Å². The lowest BCUT2D eigenvalue weighted by Crippen LogP contribution is -2.28. The summed E-state index contributed by atoms with van der Waals surface area (Å²) in [4.78, 5) is 13.0. The first-order valence-corrected chi connectivity index (χ1v) is 6.88. The Morgan fingerprint density at radius 3 is 2.64 bits per heavy atom. The molecule has 1 saturated heterocycles. The molecule has 1 heterocycles. The third-order valence-corrected chi connectivity index (χ3v) is 3.20. The van der Waals surface area contributed by atoms with Gasteiger partial charge < -0.3 is 9.64 Å². The average Bonchev–Trinajstić information content (AvgIpc) is 2.91. The molecular weight excluding hydrogens is 295 g/mol. The predicted octanol–water partition coefficient (Wildman–Crippen LogP) is 3.41. The number of alkyl halides is 3. The van der Waals surface area contributed by atoms with Crippen LogP contribution < -0.4 is 0 Å². The van der Waals surface area contributed by atoms with Crippen LogP contribution in [0.25, 0.3) is 0 Å². The van der Waals surface area contributed by atoms with Gasteiger partial charge in [0.2, 0.25) is 5.91 Å². The first-order chi connectivity index (χ1) is 10.3. The number of amides is 1. The van der Waals surface area contributed by atoms with Crippen LogP contribution in [-0.2, 0) is 9.53 Å². The first kappa shape index (κ1) is 18.2. The Balaban J connectivity index is 2.56. The number of nitrogens with zero attached hydrogens (tertiary/aromatic N) is 1. The van der Waals surface area contributed by atoms with Crippen LogP contribution in [0.5, 0.6) is 0 Å². The van der Waals surface area contributed by atoms with Gasteiger partial charge in [-0.1, -0.05) is 25.3 Å². The van der Waals surface area contributed by atoms with E-state index >= 15 is 0 Å². The lowest BCUT2D eigenvalue weighted by Gasteiger charge is -2.15. The highest BCUT2D eigenvalue weighted by Gasteiger charge is 2.31. The van der Waals surface area contributed by atoms with Crippen molar-refractivity contribution >= 4 is 5.91 Å². The number of hydrogen-bond acceptors (Lipinski definition) is 2. The maximum Gasteiger partial charge on any atom is 0.416 e. The summed E-state index contributed by atoms with van der Waals surface area (Å²) >= 11 is 0. The van der Waals surface area contributed by atoms with Gasteiger partial charge in [-0.25, -0.2) is 0 Å². The first-order valence-electron chi connectivity index (χ1n) is 6.88. The van der Waals surface area contributed by atoms with E-state index in [-0.39, 0.29) is 18.6 Å². The Morgan fingerprint density at radius 1 is 1.41 bits per heavy atom. The summed E-state index contributed by atoms with van der Waals surface area (Å²) in [5.74, 6) is -0.161. The van der Waals surface area contributed by atoms with Gasteiger partial charge in [0.25, 0.3) is 0 Å². The molecule has 6 heteroatoms. The number of ether oxygens (including phenoxy) is 1. The monoisotopic (exact) mass is 315 g/mol. The van der Waals surface area contributed by atoms with E-state index < -0.39 is 11.7 Å². The highest BCUT2D eigenvalue weighted by atomic mass is 19.4. The van der Waals surface area contributed by atoms with E-state index in [0.29, 0.717) is 25.1 Å². The molecule has 1 unspecified atom stereocenters. The molecular formula is C16H20F3NO2. The van der Waals surface area contributed by atoms with E-state index in [1.807, 2.05) is 0 Å². The van der Waals surface area contributed by atoms with Crippen LogP contribution in [0.15, 0.2) is 48.6 Å². The predicted molar refractivity (Wildman–Crippen MR) is 79.2 cm³/mol. The number of allylic oxidation sites excluding steroid dienone is 4. The molecule has 122 valence electrons. The molecule has 1 aliphatic heterocycles. The molecule has 0 N–H and O–H groups in total. The van der Waals surface area contributed by atoms with Crippen molar-refractivity contribution in [1.29, 1.82) is 0 Å². The third-order valence-electron chi connectivity index (χ3n) is 3.20. The van der Waals surface area contributed by atoms with Crippen molar-refractivity contribution in [3.8, 4) is 0 Å². The zero-order valence-corrected chi connectivity index (χ0v) is 12.5. The minimum atomic E-state index is -4.42. The molecule has 1 amide bonds. The molecule has 0 radical (unpaired) electrons. The smallest absolute Gasteiger partial charge is 0.372 e. The van der Waals surface area contributed by atoms with Gasteiger partial charge in [-0.3, -0.25) is 4.79 Å². The molecule has 0 aromatic heterocycles. The lowest BCUT2D eigenvalue weighted by atomic mass is 10.1. The van der Waals surface area contributed by atoms with Crippen molar-refractivity contribution in [2.24, 2.45) is 0 Å². The number of halogens is 3. The molecule has 1 atom stereocenters. The molecule has 1 aliphatic rings. The quantitative estimate of drug-likeness (QED) is 0.555. The topological polar surface area (TPSA) is 29.5 Å². The van der Waals surface area contributed by atoms with Crippen LogP contribution in [0.4, 0.5) is 13.2 Å². The van der Waals surface area contributed by atoms with E-state index in [0.717, 1.165) is 18.2 Å². The fourth-order valence-corrected chi connectivity index (χ4v) is 2.10. The van der Waals surface area contributed by atoms with Crippen LogP contribution in [0.3, 0.4) is 0 Å². The highest BCUT2D eigenvalue weighted by Crippen LogP contribution is 2.27. The van der Waals surface area contributed by atoms with Crippen molar-refractivity contribution in [2.75, 3.05) is 19.7 Å². The minimum absolute atomic E-state index is 0.0886. The van der Waals surface area contributed by atoms with Gasteiger partial charge in [0.05, 0.1) is 18.3 Å². The zero-order valence-electron chi connectivity index (χ0n) is 12.5. The Bertz CT molecular complexity index is 492. The van der Waals surface area contributed by atoms with E-state index in [9.17, 15) is 18.0 Å². The molecule has 1 fully saturated rings. The Hall–Kier alpha value is -1.82. The summed E-state index contributed by atoms with van der Waals surface area (Å²) < 4.78 is 43.8. The van der Waals surface area contributed by atoms with Gasteiger partial charge in [-0.05, 0) is 31.1 Å². The number of carbonyl (C=O) groups is 1. The highest BCUT2D eigenvalue weighted by molar-refractivity contribution is 5.87. The summed E-state index contributed by atoms with van der Waals surface area (Å²) in [7, 11) is 0. The van der Waals surface area contributed by atoms with E-state index in [1.165, 1.54) is 6.08 Å². The van der Waals surface area contributed by atoms with E-state index in [4.69, 9.17) is 4.74 Å². The molecule has 0 aliphatic carbocycles. The van der Waals surface area contributed by atoms with Crippen LogP contribution in [-0.4, -0.2) is 42.8 Å². The number of hydrogen-bond donors (Lipinski definition) is 0. The molecule has 0 saturated carbocycles. The Labute approximate surface area is 128 Å². The molecule has 1 rings (SSSR count). The summed E-state index contributed by atoms with van der Waals surface area (Å²) in [6.45, 7) is 9.37. The number of carbonyl (C=O) groups excluding carboxylic acids is 1. The van der Waals surface area contributed by atoms with Crippen molar-refractivity contribution in [2.45, 2.75) is 25.6 Å². The van der Waals surface area contributed by atoms with E-state index in [1.54, 1.807) is 11.8 Å². The maximum absolute atomic E-state index is 12.7. The number of likely N-dealkylation sites (tertiary alicyclic amines) is 1. The van der Waals surface area contributed by atoms with Gasteiger partial charge >= 0.3 is 6.18 Å². The van der Waals surface area contributed by atoms with Crippen molar-refractivity contribution in [3.05, 3.63) is 48.6 Å². The van der Waals surface area contributed by atoms with Crippen molar-refractivity contribution in [3.63, 3.8) is 0 Å². The summed E-state index contributed by atoms with van der Waals surface area (Å²) in [6.07, 6.45) is 0.390. The fourth-order valence-electron chi connectivity index (χ4n) is 2.10. The molecule has 3 nitrogen and oxygen atoms in total. The fraction of sp³-hybridized carbons (Fsp3) is 0.438. The van der Waals surface area contributed by atoms with Crippen molar-refractivity contribution < 1.29 is 22.7 Å². The lowest BCUT2D eigenvalue weighted by molar-refractivity contribution is -0.125. The molecule has 0 aromatic carbocycles. The van der Waals surface area contributed by atoms with Gasteiger partial charge in [-0.15, -0.1) is 0 Å². The molecule has 22 heavy (non-hydrogen) atoms. The summed E-state index contributed by atoms with van der Waals surface area (Å²) in [6, 6.07) is 0. The van der Waals surface area contributed by atoms with Crippen LogP contribution >= 0.6 is 0 Å². The standard InChI is InChI=1S/C16H20F3NO2/c1-4-6-13(16(17,18)19)9-12(3)11-22-14-7-8-20(10-14)15(21)5-2/h4-6,9,14H,1-2,7-8,10-11H2,3H3/b12-9+,13-6+.